The van der Waals surface area contributed by atoms with Gasteiger partial charge in [0.25, 0.3) is 0 Å². The van der Waals surface area contributed by atoms with Gasteiger partial charge in [-0.15, -0.1) is 0 Å². The molecule has 0 bridgehead atoms. The highest BCUT2D eigenvalue weighted by Crippen LogP contribution is 2.68. The first kappa shape index (κ1) is 15.3. The number of anilines is 1. The second-order valence-corrected chi connectivity index (χ2v) is 6.54. The molecule has 0 heterocycles. The number of nitrogens with zero attached hydrogens (tertiary/aromatic N) is 1. The average molecular weight is 293 g/mol. The van der Waals surface area contributed by atoms with Crippen LogP contribution in [0.1, 0.15) is 33.3 Å². The standard InChI is InChI=1S/C15H20FN3O2/c1-14(2)11(15(14,3)4)13(20)18-10-6-5-8(16)7-9(10)12(17)19-21/h5-7,11,21H,1-4H3,(H2,17,19)(H,18,20). The number of carbonyl (C=O) groups excluding carboxylic acids is 1. The first-order valence-electron chi connectivity index (χ1n) is 6.71. The van der Waals surface area contributed by atoms with E-state index in [1.807, 2.05) is 27.7 Å². The van der Waals surface area contributed by atoms with E-state index >= 15 is 0 Å². The summed E-state index contributed by atoms with van der Waals surface area (Å²) in [6, 6.07) is 3.74. The predicted octanol–water partition coefficient (Wildman–Crippen LogP) is 2.54. The first-order valence-corrected chi connectivity index (χ1v) is 6.71. The fourth-order valence-corrected chi connectivity index (χ4v) is 2.95. The smallest absolute Gasteiger partial charge is 0.228 e. The van der Waals surface area contributed by atoms with Gasteiger partial charge in [0, 0.05) is 11.5 Å². The van der Waals surface area contributed by atoms with Crippen molar-refractivity contribution in [3.63, 3.8) is 0 Å². The quantitative estimate of drug-likeness (QED) is 0.346. The van der Waals surface area contributed by atoms with Crippen molar-refractivity contribution in [3.8, 4) is 0 Å². The molecule has 4 N–H and O–H groups in total. The van der Waals surface area contributed by atoms with Crippen molar-refractivity contribution in [2.75, 3.05) is 5.32 Å². The summed E-state index contributed by atoms with van der Waals surface area (Å²) in [5.74, 6) is -1.07. The number of halogens is 1. The van der Waals surface area contributed by atoms with Crippen LogP contribution in [0.25, 0.3) is 0 Å². The van der Waals surface area contributed by atoms with Gasteiger partial charge in [-0.05, 0) is 29.0 Å². The molecule has 2 rings (SSSR count). The molecule has 21 heavy (non-hydrogen) atoms. The number of hydrogen-bond donors (Lipinski definition) is 3. The summed E-state index contributed by atoms with van der Waals surface area (Å²) in [5.41, 5.74) is 5.80. The topological polar surface area (TPSA) is 87.7 Å². The molecule has 0 saturated heterocycles. The second kappa shape index (κ2) is 4.72. The van der Waals surface area contributed by atoms with Crippen molar-refractivity contribution in [1.29, 1.82) is 0 Å². The minimum absolute atomic E-state index is 0.103. The Balaban J connectivity index is 2.28. The first-order chi connectivity index (χ1) is 9.62. The number of benzene rings is 1. The van der Waals surface area contributed by atoms with E-state index in [4.69, 9.17) is 10.9 Å². The van der Waals surface area contributed by atoms with E-state index in [2.05, 4.69) is 10.5 Å². The zero-order valence-electron chi connectivity index (χ0n) is 12.6. The lowest BCUT2D eigenvalue weighted by Gasteiger charge is -2.11. The molecule has 1 saturated carbocycles. The highest BCUT2D eigenvalue weighted by molar-refractivity contribution is 6.06. The molecule has 1 amide bonds. The Labute approximate surface area is 123 Å². The summed E-state index contributed by atoms with van der Waals surface area (Å²) >= 11 is 0. The van der Waals surface area contributed by atoms with E-state index in [1.165, 1.54) is 12.1 Å². The van der Waals surface area contributed by atoms with Gasteiger partial charge in [0.15, 0.2) is 5.84 Å². The summed E-state index contributed by atoms with van der Waals surface area (Å²) in [5, 5.41) is 14.4. The van der Waals surface area contributed by atoms with Gasteiger partial charge in [0.1, 0.15) is 5.82 Å². The molecular weight excluding hydrogens is 273 g/mol. The molecule has 1 aliphatic rings. The van der Waals surface area contributed by atoms with Crippen molar-refractivity contribution in [3.05, 3.63) is 29.6 Å². The Bertz CT molecular complexity index is 609. The van der Waals surface area contributed by atoms with Gasteiger partial charge in [-0.25, -0.2) is 4.39 Å². The van der Waals surface area contributed by atoms with Crippen LogP contribution >= 0.6 is 0 Å². The van der Waals surface area contributed by atoms with Crippen LogP contribution in [0.3, 0.4) is 0 Å². The van der Waals surface area contributed by atoms with E-state index in [0.717, 1.165) is 6.07 Å². The van der Waals surface area contributed by atoms with Crippen molar-refractivity contribution < 1.29 is 14.4 Å². The lowest BCUT2D eigenvalue weighted by Crippen LogP contribution is -2.22. The van der Waals surface area contributed by atoms with Crippen LogP contribution in [0.15, 0.2) is 23.4 Å². The van der Waals surface area contributed by atoms with Crippen LogP contribution in [0, 0.1) is 22.6 Å². The normalized spacial score (nSPS) is 20.1. The number of amides is 1. The zero-order valence-corrected chi connectivity index (χ0v) is 12.6. The number of rotatable bonds is 3. The minimum atomic E-state index is -0.526. The number of nitrogens with one attached hydrogen (secondary N) is 1. The summed E-state index contributed by atoms with van der Waals surface area (Å²) in [6.07, 6.45) is 0. The number of amidine groups is 1. The third-order valence-corrected chi connectivity index (χ3v) is 4.91. The zero-order chi connectivity index (χ0) is 16.0. The Morgan fingerprint density at radius 2 is 1.90 bits per heavy atom. The Morgan fingerprint density at radius 1 is 1.33 bits per heavy atom. The van der Waals surface area contributed by atoms with Crippen LogP contribution in [-0.2, 0) is 4.79 Å². The van der Waals surface area contributed by atoms with E-state index in [-0.39, 0.29) is 34.1 Å². The molecule has 1 fully saturated rings. The third kappa shape index (κ3) is 2.34. The molecule has 0 unspecified atom stereocenters. The lowest BCUT2D eigenvalue weighted by atomic mass is 10.0. The average Bonchev–Trinajstić information content (AvgIpc) is 2.80. The number of nitrogens with two attached hydrogens (primary N) is 1. The third-order valence-electron chi connectivity index (χ3n) is 4.91. The van der Waals surface area contributed by atoms with Gasteiger partial charge in [0.2, 0.25) is 5.91 Å². The number of carbonyl (C=O) groups is 1. The number of hydrogen-bond acceptors (Lipinski definition) is 3. The molecule has 1 aliphatic carbocycles. The summed E-state index contributed by atoms with van der Waals surface area (Å²) in [4.78, 5) is 12.4. The van der Waals surface area contributed by atoms with Crippen molar-refractivity contribution in [2.24, 2.45) is 27.6 Å². The van der Waals surface area contributed by atoms with Gasteiger partial charge in [-0.3, -0.25) is 4.79 Å². The fraction of sp³-hybridized carbons (Fsp3) is 0.467. The molecule has 0 aromatic heterocycles. The van der Waals surface area contributed by atoms with Crippen molar-refractivity contribution in [1.82, 2.24) is 0 Å². The molecule has 6 heteroatoms. The van der Waals surface area contributed by atoms with Gasteiger partial charge < -0.3 is 16.3 Å². The molecule has 0 spiro atoms. The van der Waals surface area contributed by atoms with E-state index in [0.29, 0.717) is 5.69 Å². The molecular formula is C15H20FN3O2. The van der Waals surface area contributed by atoms with Crippen LogP contribution in [0.5, 0.6) is 0 Å². The van der Waals surface area contributed by atoms with Crippen LogP contribution in [-0.4, -0.2) is 17.0 Å². The Morgan fingerprint density at radius 3 is 2.38 bits per heavy atom. The van der Waals surface area contributed by atoms with Crippen LogP contribution in [0.4, 0.5) is 10.1 Å². The Kier molecular flexibility index (Phi) is 3.43. The SMILES string of the molecule is CC1(C)C(C(=O)Nc2ccc(F)cc2/C(N)=N/O)C1(C)C. The molecule has 5 nitrogen and oxygen atoms in total. The van der Waals surface area contributed by atoms with Gasteiger partial charge in [0.05, 0.1) is 5.69 Å². The predicted molar refractivity (Wildman–Crippen MR) is 78.6 cm³/mol. The van der Waals surface area contributed by atoms with Crippen molar-refractivity contribution >= 4 is 17.4 Å². The van der Waals surface area contributed by atoms with Gasteiger partial charge >= 0.3 is 0 Å². The van der Waals surface area contributed by atoms with E-state index in [9.17, 15) is 9.18 Å². The number of oxime groups is 1. The van der Waals surface area contributed by atoms with E-state index < -0.39 is 5.82 Å². The largest absolute Gasteiger partial charge is 0.409 e. The minimum Gasteiger partial charge on any atom is -0.409 e. The van der Waals surface area contributed by atoms with Crippen LogP contribution in [0.2, 0.25) is 0 Å². The monoisotopic (exact) mass is 293 g/mol. The molecule has 1 aromatic rings. The highest BCUT2D eigenvalue weighted by Gasteiger charge is 2.68. The Hall–Kier alpha value is -2.11. The second-order valence-electron chi connectivity index (χ2n) is 6.54. The van der Waals surface area contributed by atoms with Crippen molar-refractivity contribution in [2.45, 2.75) is 27.7 Å². The maximum atomic E-state index is 13.3. The lowest BCUT2D eigenvalue weighted by molar-refractivity contribution is -0.118. The maximum absolute atomic E-state index is 13.3. The summed E-state index contributed by atoms with van der Waals surface area (Å²) < 4.78 is 13.3. The summed E-state index contributed by atoms with van der Waals surface area (Å²) in [6.45, 7) is 8.14. The molecule has 0 atom stereocenters. The van der Waals surface area contributed by atoms with E-state index in [1.54, 1.807) is 0 Å². The van der Waals surface area contributed by atoms with Gasteiger partial charge in [-0.1, -0.05) is 32.9 Å². The summed E-state index contributed by atoms with van der Waals surface area (Å²) in [7, 11) is 0. The molecule has 1 aromatic carbocycles. The molecule has 0 radical (unpaired) electrons. The maximum Gasteiger partial charge on any atom is 0.228 e. The molecule has 114 valence electrons. The highest BCUT2D eigenvalue weighted by atomic mass is 19.1. The van der Waals surface area contributed by atoms with Gasteiger partial charge in [-0.2, -0.15) is 0 Å². The fourth-order valence-electron chi connectivity index (χ4n) is 2.95. The molecule has 0 aliphatic heterocycles. The van der Waals surface area contributed by atoms with Crippen LogP contribution < -0.4 is 11.1 Å².